The van der Waals surface area contributed by atoms with E-state index in [1.165, 1.54) is 0 Å². The van der Waals surface area contributed by atoms with Gasteiger partial charge >= 0.3 is 0 Å². The highest BCUT2D eigenvalue weighted by molar-refractivity contribution is 14.0. The standard InChI is InChI=1S/C17H25N5O2.HI/c1-18-17(19-9-11-22-10-4-8-20-22)21-15-6-3-7-16(14-15)24-13-5-12-23-2;/h3-4,6-8,10,14H,5,9,11-13H2,1-2H3,(H2,18,19,21);1H. The van der Waals surface area contributed by atoms with Crippen LogP contribution in [-0.4, -0.2) is 49.7 Å². The van der Waals surface area contributed by atoms with E-state index in [1.807, 2.05) is 41.2 Å². The van der Waals surface area contributed by atoms with Gasteiger partial charge in [0.25, 0.3) is 0 Å². The molecule has 8 heteroatoms. The van der Waals surface area contributed by atoms with Crippen molar-refractivity contribution in [3.8, 4) is 5.75 Å². The Balaban J connectivity index is 0.00000312. The molecule has 2 N–H and O–H groups in total. The lowest BCUT2D eigenvalue weighted by atomic mass is 10.3. The van der Waals surface area contributed by atoms with Gasteiger partial charge in [0, 0.05) is 57.9 Å². The Morgan fingerprint density at radius 3 is 2.88 bits per heavy atom. The summed E-state index contributed by atoms with van der Waals surface area (Å²) in [6, 6.07) is 9.72. The molecule has 1 aromatic carbocycles. The molecule has 0 aliphatic rings. The molecule has 0 aliphatic carbocycles. The van der Waals surface area contributed by atoms with Crippen LogP contribution in [0.4, 0.5) is 5.69 Å². The molecule has 0 fully saturated rings. The zero-order valence-electron chi connectivity index (χ0n) is 14.6. The second-order valence-electron chi connectivity index (χ2n) is 5.12. The summed E-state index contributed by atoms with van der Waals surface area (Å²) in [4.78, 5) is 4.23. The lowest BCUT2D eigenvalue weighted by Gasteiger charge is -2.13. The van der Waals surface area contributed by atoms with Crippen LogP contribution in [0.15, 0.2) is 47.7 Å². The summed E-state index contributed by atoms with van der Waals surface area (Å²) in [5, 5.41) is 10.7. The van der Waals surface area contributed by atoms with Crippen LogP contribution in [0.5, 0.6) is 5.75 Å². The predicted octanol–water partition coefficient (Wildman–Crippen LogP) is 2.60. The first-order chi connectivity index (χ1) is 11.8. The minimum absolute atomic E-state index is 0. The van der Waals surface area contributed by atoms with Gasteiger partial charge in [-0.25, -0.2) is 0 Å². The summed E-state index contributed by atoms with van der Waals surface area (Å²) in [5.41, 5.74) is 0.923. The van der Waals surface area contributed by atoms with E-state index in [-0.39, 0.29) is 24.0 Å². The lowest BCUT2D eigenvalue weighted by molar-refractivity contribution is 0.172. The van der Waals surface area contributed by atoms with Crippen molar-refractivity contribution in [2.45, 2.75) is 13.0 Å². The van der Waals surface area contributed by atoms with E-state index in [1.54, 1.807) is 20.4 Å². The normalized spacial score (nSPS) is 10.9. The molecule has 25 heavy (non-hydrogen) atoms. The van der Waals surface area contributed by atoms with Gasteiger partial charge in [0.15, 0.2) is 5.96 Å². The van der Waals surface area contributed by atoms with Crippen LogP contribution in [-0.2, 0) is 11.3 Å². The third-order valence-electron chi connectivity index (χ3n) is 3.27. The van der Waals surface area contributed by atoms with Gasteiger partial charge in [0.2, 0.25) is 0 Å². The maximum absolute atomic E-state index is 5.70. The predicted molar refractivity (Wildman–Crippen MR) is 111 cm³/mol. The van der Waals surface area contributed by atoms with E-state index in [0.717, 1.165) is 30.9 Å². The molecule has 0 radical (unpaired) electrons. The van der Waals surface area contributed by atoms with E-state index in [4.69, 9.17) is 9.47 Å². The largest absolute Gasteiger partial charge is 0.493 e. The van der Waals surface area contributed by atoms with Gasteiger partial charge in [-0.3, -0.25) is 9.67 Å². The number of benzene rings is 1. The van der Waals surface area contributed by atoms with Gasteiger partial charge in [-0.15, -0.1) is 24.0 Å². The van der Waals surface area contributed by atoms with Gasteiger partial charge < -0.3 is 20.1 Å². The van der Waals surface area contributed by atoms with Crippen LogP contribution in [0.1, 0.15) is 6.42 Å². The molecule has 2 rings (SSSR count). The quantitative estimate of drug-likeness (QED) is 0.261. The highest BCUT2D eigenvalue weighted by Crippen LogP contribution is 2.17. The highest BCUT2D eigenvalue weighted by atomic mass is 127. The summed E-state index contributed by atoms with van der Waals surface area (Å²) in [6.45, 7) is 2.84. The zero-order valence-corrected chi connectivity index (χ0v) is 17.0. The summed E-state index contributed by atoms with van der Waals surface area (Å²) in [5.74, 6) is 1.53. The molecule has 0 atom stereocenters. The van der Waals surface area contributed by atoms with Crippen molar-refractivity contribution in [1.29, 1.82) is 0 Å². The molecule has 0 bridgehead atoms. The number of hydrogen-bond acceptors (Lipinski definition) is 4. The molecule has 0 aliphatic heterocycles. The second-order valence-corrected chi connectivity index (χ2v) is 5.12. The highest BCUT2D eigenvalue weighted by Gasteiger charge is 2.01. The van der Waals surface area contributed by atoms with Gasteiger partial charge in [0.05, 0.1) is 13.2 Å². The number of nitrogens with one attached hydrogen (secondary N) is 2. The minimum atomic E-state index is 0. The van der Waals surface area contributed by atoms with Crippen molar-refractivity contribution < 1.29 is 9.47 Å². The van der Waals surface area contributed by atoms with Gasteiger partial charge in [-0.1, -0.05) is 6.07 Å². The number of methoxy groups -OCH3 is 1. The first-order valence-electron chi connectivity index (χ1n) is 7.98. The van der Waals surface area contributed by atoms with Crippen LogP contribution >= 0.6 is 24.0 Å². The van der Waals surface area contributed by atoms with Crippen molar-refractivity contribution >= 4 is 35.6 Å². The molecule has 0 saturated carbocycles. The number of rotatable bonds is 9. The average molecular weight is 459 g/mol. The fourth-order valence-corrected chi connectivity index (χ4v) is 2.09. The summed E-state index contributed by atoms with van der Waals surface area (Å²) in [6.07, 6.45) is 4.57. The second kappa shape index (κ2) is 12.5. The number of nitrogens with zero attached hydrogens (tertiary/aromatic N) is 3. The Morgan fingerprint density at radius 1 is 1.28 bits per heavy atom. The van der Waals surface area contributed by atoms with E-state index in [2.05, 4.69) is 20.7 Å². The number of halogens is 1. The van der Waals surface area contributed by atoms with Crippen LogP contribution in [0, 0.1) is 0 Å². The number of anilines is 1. The Bertz CT molecular complexity index is 619. The molecule has 2 aromatic rings. The fraction of sp³-hybridized carbons (Fsp3) is 0.412. The van der Waals surface area contributed by atoms with Gasteiger partial charge in [-0.2, -0.15) is 5.10 Å². The number of aliphatic imine (C=N–C) groups is 1. The lowest BCUT2D eigenvalue weighted by Crippen LogP contribution is -2.33. The third-order valence-corrected chi connectivity index (χ3v) is 3.27. The monoisotopic (exact) mass is 459 g/mol. The average Bonchev–Trinajstić information content (AvgIpc) is 3.12. The smallest absolute Gasteiger partial charge is 0.195 e. The van der Waals surface area contributed by atoms with Crippen molar-refractivity contribution in [3.63, 3.8) is 0 Å². The summed E-state index contributed by atoms with van der Waals surface area (Å²) in [7, 11) is 3.43. The first-order valence-corrected chi connectivity index (χ1v) is 7.98. The van der Waals surface area contributed by atoms with E-state index in [0.29, 0.717) is 19.2 Å². The minimum Gasteiger partial charge on any atom is -0.493 e. The van der Waals surface area contributed by atoms with Gasteiger partial charge in [-0.05, 0) is 18.2 Å². The van der Waals surface area contributed by atoms with E-state index >= 15 is 0 Å². The van der Waals surface area contributed by atoms with Crippen molar-refractivity contribution in [2.75, 3.05) is 39.2 Å². The molecule has 7 nitrogen and oxygen atoms in total. The molecule has 1 heterocycles. The number of guanidine groups is 1. The number of ether oxygens (including phenoxy) is 2. The Labute approximate surface area is 165 Å². The number of hydrogen-bond donors (Lipinski definition) is 2. The zero-order chi connectivity index (χ0) is 17.0. The van der Waals surface area contributed by atoms with Gasteiger partial charge in [0.1, 0.15) is 5.75 Å². The Hall–Kier alpha value is -1.81. The Kier molecular flexibility index (Phi) is 10.6. The van der Waals surface area contributed by atoms with Crippen LogP contribution in [0.2, 0.25) is 0 Å². The maximum atomic E-state index is 5.70. The van der Waals surface area contributed by atoms with E-state index < -0.39 is 0 Å². The first kappa shape index (κ1) is 21.2. The molecule has 0 unspecified atom stereocenters. The van der Waals surface area contributed by atoms with Crippen molar-refractivity contribution in [1.82, 2.24) is 15.1 Å². The third kappa shape index (κ3) is 8.21. The summed E-state index contributed by atoms with van der Waals surface area (Å²) < 4.78 is 12.6. The van der Waals surface area contributed by atoms with Crippen molar-refractivity contribution in [2.24, 2.45) is 4.99 Å². The molecular formula is C17H26IN5O2. The summed E-state index contributed by atoms with van der Waals surface area (Å²) >= 11 is 0. The molecule has 0 spiro atoms. The van der Waals surface area contributed by atoms with Crippen LogP contribution < -0.4 is 15.4 Å². The maximum Gasteiger partial charge on any atom is 0.195 e. The molecule has 1 aromatic heterocycles. The molecule has 0 saturated heterocycles. The molecular weight excluding hydrogens is 433 g/mol. The SMILES string of the molecule is CN=C(NCCn1cccn1)Nc1cccc(OCCCOC)c1.I. The van der Waals surface area contributed by atoms with Crippen LogP contribution in [0.3, 0.4) is 0 Å². The van der Waals surface area contributed by atoms with Crippen LogP contribution in [0.25, 0.3) is 0 Å². The van der Waals surface area contributed by atoms with Crippen molar-refractivity contribution in [3.05, 3.63) is 42.7 Å². The van der Waals surface area contributed by atoms with E-state index in [9.17, 15) is 0 Å². The fourth-order valence-electron chi connectivity index (χ4n) is 2.09. The topological polar surface area (TPSA) is 72.7 Å². The number of aromatic nitrogens is 2. The molecule has 138 valence electrons. The molecule has 0 amide bonds. The Morgan fingerprint density at radius 2 is 2.16 bits per heavy atom.